The average molecular weight is 863 g/mol. The van der Waals surface area contributed by atoms with Crippen molar-refractivity contribution in [1.82, 2.24) is 0 Å². The number of hydrogen-bond acceptors (Lipinski definition) is 9. The Morgan fingerprint density at radius 3 is 1.25 bits per heavy atom. The van der Waals surface area contributed by atoms with Gasteiger partial charge in [-0.2, -0.15) is 0 Å². The Balaban J connectivity index is 1.08. The molecule has 9 heteroatoms. The molecular formula is C55H58O9. The minimum atomic E-state index is -1.13. The molecule has 4 aliphatic heterocycles. The Kier molecular flexibility index (Phi) is 15.3. The Hall–Kier alpha value is -5.04. The van der Waals surface area contributed by atoms with E-state index >= 15 is 0 Å². The van der Waals surface area contributed by atoms with E-state index in [-0.39, 0.29) is 31.3 Å². The summed E-state index contributed by atoms with van der Waals surface area (Å²) in [7, 11) is 0. The van der Waals surface area contributed by atoms with Crippen molar-refractivity contribution >= 4 is 0 Å². The molecule has 6 aromatic carbocycles. The number of hydrogen-bond donors (Lipinski definition) is 0. The van der Waals surface area contributed by atoms with E-state index in [4.69, 9.17) is 42.6 Å². The molecule has 4 heterocycles. The maximum Gasteiger partial charge on any atom is 0.197 e. The smallest absolute Gasteiger partial charge is 0.197 e. The Morgan fingerprint density at radius 1 is 0.422 bits per heavy atom. The first kappa shape index (κ1) is 44.2. The SMILES string of the molecule is c1ccc(COC[C@H]2O[C@H](C[C@H]3[C@H](OCc4ccccc4)[C@H]4CO[C@@]3(OCc3ccccc3)CO4)[C@@H](OCc3ccccc3)[C@@H](OCc3ccccc3)[C@@H]2OCc2ccccc2)cc1. The summed E-state index contributed by atoms with van der Waals surface area (Å²) in [6, 6.07) is 61.3. The largest absolute Gasteiger partial charge is 0.374 e. The zero-order chi connectivity index (χ0) is 43.2. The summed E-state index contributed by atoms with van der Waals surface area (Å²) in [5, 5.41) is 0. The van der Waals surface area contributed by atoms with Crippen molar-refractivity contribution < 1.29 is 42.6 Å². The third kappa shape index (κ3) is 11.4. The van der Waals surface area contributed by atoms with E-state index in [0.29, 0.717) is 52.7 Å². The number of rotatable bonds is 21. The Morgan fingerprint density at radius 2 is 0.812 bits per heavy atom. The lowest BCUT2D eigenvalue weighted by Crippen LogP contribution is -2.69. The maximum absolute atomic E-state index is 7.38. The van der Waals surface area contributed by atoms with Crippen molar-refractivity contribution in [1.29, 1.82) is 0 Å². The molecule has 6 aromatic rings. The van der Waals surface area contributed by atoms with Crippen LogP contribution in [-0.4, -0.2) is 68.3 Å². The number of benzene rings is 6. The third-order valence-electron chi connectivity index (χ3n) is 12.4. The molecule has 10 rings (SSSR count). The minimum absolute atomic E-state index is 0.253. The second kappa shape index (κ2) is 22.2. The molecule has 0 aliphatic carbocycles. The quantitative estimate of drug-likeness (QED) is 0.0703. The first-order chi connectivity index (χ1) is 31.7. The number of ether oxygens (including phenoxy) is 9. The molecule has 0 radical (unpaired) electrons. The molecule has 0 N–H and O–H groups in total. The van der Waals surface area contributed by atoms with Gasteiger partial charge in [-0.15, -0.1) is 0 Å². The van der Waals surface area contributed by atoms with Gasteiger partial charge in [-0.05, 0) is 39.8 Å². The molecule has 2 bridgehead atoms. The van der Waals surface area contributed by atoms with E-state index in [1.54, 1.807) is 0 Å². The predicted molar refractivity (Wildman–Crippen MR) is 243 cm³/mol. The van der Waals surface area contributed by atoms with E-state index in [1.165, 1.54) is 0 Å². The normalized spacial score (nSPS) is 26.4. The minimum Gasteiger partial charge on any atom is -0.374 e. The molecule has 64 heavy (non-hydrogen) atoms. The number of fused-ring (bicyclic) bond motifs is 3. The van der Waals surface area contributed by atoms with Crippen LogP contribution >= 0.6 is 0 Å². The van der Waals surface area contributed by atoms with Crippen LogP contribution < -0.4 is 0 Å². The Bertz CT molecular complexity index is 2230. The highest BCUT2D eigenvalue weighted by molar-refractivity contribution is 5.19. The van der Waals surface area contributed by atoms with Gasteiger partial charge in [-0.1, -0.05) is 182 Å². The second-order valence-corrected chi connectivity index (χ2v) is 16.8. The Labute approximate surface area is 377 Å². The second-order valence-electron chi connectivity index (χ2n) is 16.8. The van der Waals surface area contributed by atoms with Crippen LogP contribution in [0.25, 0.3) is 0 Å². The van der Waals surface area contributed by atoms with E-state index in [2.05, 4.69) is 72.8 Å². The molecule has 0 amide bonds. The van der Waals surface area contributed by atoms with Gasteiger partial charge in [-0.3, -0.25) is 0 Å². The fourth-order valence-electron chi connectivity index (χ4n) is 9.05. The fourth-order valence-corrected chi connectivity index (χ4v) is 9.05. The van der Waals surface area contributed by atoms with Gasteiger partial charge in [0.05, 0.1) is 65.1 Å². The first-order valence-corrected chi connectivity index (χ1v) is 22.5. The topological polar surface area (TPSA) is 83.1 Å². The van der Waals surface area contributed by atoms with Crippen molar-refractivity contribution in [3.63, 3.8) is 0 Å². The fraction of sp³-hybridized carbons (Fsp3) is 0.345. The summed E-state index contributed by atoms with van der Waals surface area (Å²) in [6.07, 6.45) is -3.00. The van der Waals surface area contributed by atoms with Gasteiger partial charge in [-0.25, -0.2) is 0 Å². The van der Waals surface area contributed by atoms with Gasteiger partial charge in [0.2, 0.25) is 0 Å². The van der Waals surface area contributed by atoms with Gasteiger partial charge in [0, 0.05) is 5.92 Å². The van der Waals surface area contributed by atoms with Crippen LogP contribution in [-0.2, 0) is 82.3 Å². The lowest BCUT2D eigenvalue weighted by Gasteiger charge is -2.56. The zero-order valence-electron chi connectivity index (χ0n) is 36.2. The van der Waals surface area contributed by atoms with Crippen LogP contribution in [0.15, 0.2) is 182 Å². The molecule has 4 aliphatic rings. The van der Waals surface area contributed by atoms with Crippen LogP contribution in [0.2, 0.25) is 0 Å². The summed E-state index contributed by atoms with van der Waals surface area (Å²) in [4.78, 5) is 0. The standard InChI is InChI=1S/C55H58O9/c1-7-19-41(20-8-1)32-56-38-50-53(59-35-44-25-13-4-14-26-44)54(60-36-45-27-15-5-16-28-45)52(58-34-43-23-11-3-12-24-43)48(64-50)31-47-51(57-33-42-21-9-2-10-22-42)49-39-63-55(47,40-61-49)62-37-46-29-17-6-18-30-46/h1-30,47-54H,31-40H2/t47-,48+,49+,50+,51-,52+,53+,54+,55-/m0/s1. The summed E-state index contributed by atoms with van der Waals surface area (Å²) in [5.41, 5.74) is 6.31. The van der Waals surface area contributed by atoms with Crippen molar-refractivity contribution in [2.45, 2.75) is 94.6 Å². The van der Waals surface area contributed by atoms with Crippen molar-refractivity contribution in [2.24, 2.45) is 5.92 Å². The van der Waals surface area contributed by atoms with Gasteiger partial charge in [0.1, 0.15) is 37.1 Å². The summed E-state index contributed by atoms with van der Waals surface area (Å²) in [5.74, 6) is -1.44. The van der Waals surface area contributed by atoms with Gasteiger partial charge < -0.3 is 42.6 Å². The van der Waals surface area contributed by atoms with Crippen molar-refractivity contribution in [2.75, 3.05) is 19.8 Å². The molecule has 0 unspecified atom stereocenters. The summed E-state index contributed by atoms with van der Waals surface area (Å²) >= 11 is 0. The molecule has 0 saturated carbocycles. The molecule has 332 valence electrons. The van der Waals surface area contributed by atoms with Gasteiger partial charge >= 0.3 is 0 Å². The summed E-state index contributed by atoms with van der Waals surface area (Å²) in [6.45, 7) is 3.07. The van der Waals surface area contributed by atoms with Crippen LogP contribution in [0.1, 0.15) is 39.8 Å². The molecule has 0 spiro atoms. The van der Waals surface area contributed by atoms with Crippen LogP contribution in [0, 0.1) is 5.92 Å². The predicted octanol–water partition coefficient (Wildman–Crippen LogP) is 9.66. The first-order valence-electron chi connectivity index (χ1n) is 22.5. The highest BCUT2D eigenvalue weighted by Crippen LogP contribution is 2.46. The van der Waals surface area contributed by atoms with E-state index in [1.807, 2.05) is 109 Å². The van der Waals surface area contributed by atoms with Crippen LogP contribution in [0.4, 0.5) is 0 Å². The molecule has 4 fully saturated rings. The lowest BCUT2D eigenvalue weighted by atomic mass is 9.78. The molecule has 9 nitrogen and oxygen atoms in total. The zero-order valence-corrected chi connectivity index (χ0v) is 36.2. The molecule has 0 aromatic heterocycles. The van der Waals surface area contributed by atoms with E-state index in [0.717, 1.165) is 33.4 Å². The highest BCUT2D eigenvalue weighted by Gasteiger charge is 2.60. The lowest BCUT2D eigenvalue weighted by molar-refractivity contribution is -0.401. The molecule has 9 atom stereocenters. The monoisotopic (exact) mass is 862 g/mol. The molecule has 4 saturated heterocycles. The average Bonchev–Trinajstić information content (AvgIpc) is 3.36. The van der Waals surface area contributed by atoms with Crippen LogP contribution in [0.5, 0.6) is 0 Å². The maximum atomic E-state index is 7.38. The van der Waals surface area contributed by atoms with E-state index in [9.17, 15) is 0 Å². The van der Waals surface area contributed by atoms with Crippen molar-refractivity contribution in [3.8, 4) is 0 Å². The van der Waals surface area contributed by atoms with Gasteiger partial charge in [0.25, 0.3) is 0 Å². The highest BCUT2D eigenvalue weighted by atomic mass is 16.7. The third-order valence-corrected chi connectivity index (χ3v) is 12.4. The van der Waals surface area contributed by atoms with Crippen LogP contribution in [0.3, 0.4) is 0 Å². The van der Waals surface area contributed by atoms with E-state index < -0.39 is 36.3 Å². The van der Waals surface area contributed by atoms with Crippen molar-refractivity contribution in [3.05, 3.63) is 215 Å². The van der Waals surface area contributed by atoms with Gasteiger partial charge in [0.15, 0.2) is 5.79 Å². The molecular weight excluding hydrogens is 805 g/mol. The summed E-state index contributed by atoms with van der Waals surface area (Å²) < 4.78 is 62.2.